The van der Waals surface area contributed by atoms with Crippen LogP contribution in [0.2, 0.25) is 0 Å². The van der Waals surface area contributed by atoms with Crippen LogP contribution in [0.15, 0.2) is 12.1 Å². The standard InChI is InChI=1S/C10H11FN2O2/c1-5-2-6(11)9-8(3-5)15-4-7(12)10(14)13-9/h2-3,7H,4,12H2,1H3,(H,13,14)/t7-/m0/s1. The van der Waals surface area contributed by atoms with E-state index in [2.05, 4.69) is 5.32 Å². The van der Waals surface area contributed by atoms with E-state index in [0.717, 1.165) is 5.56 Å². The zero-order valence-electron chi connectivity index (χ0n) is 8.21. The molecule has 3 N–H and O–H groups in total. The lowest BCUT2D eigenvalue weighted by atomic mass is 10.2. The van der Waals surface area contributed by atoms with Crippen molar-refractivity contribution in [1.82, 2.24) is 0 Å². The molecule has 1 amide bonds. The van der Waals surface area contributed by atoms with Crippen molar-refractivity contribution < 1.29 is 13.9 Å². The molecule has 0 aromatic heterocycles. The summed E-state index contributed by atoms with van der Waals surface area (Å²) < 4.78 is 18.7. The summed E-state index contributed by atoms with van der Waals surface area (Å²) in [6.45, 7) is 1.81. The van der Waals surface area contributed by atoms with Gasteiger partial charge < -0.3 is 15.8 Å². The number of fused-ring (bicyclic) bond motifs is 1. The Bertz CT molecular complexity index is 420. The second-order valence-electron chi connectivity index (χ2n) is 3.53. The topological polar surface area (TPSA) is 64.3 Å². The Balaban J connectivity index is 2.47. The summed E-state index contributed by atoms with van der Waals surface area (Å²) in [7, 11) is 0. The number of carbonyl (C=O) groups excluding carboxylic acids is 1. The quantitative estimate of drug-likeness (QED) is 0.665. The van der Waals surface area contributed by atoms with Gasteiger partial charge in [-0.2, -0.15) is 0 Å². The number of benzene rings is 1. The van der Waals surface area contributed by atoms with Crippen LogP contribution >= 0.6 is 0 Å². The molecular formula is C10H11FN2O2. The molecule has 80 valence electrons. The normalized spacial score (nSPS) is 19.9. The zero-order valence-corrected chi connectivity index (χ0v) is 8.21. The number of rotatable bonds is 0. The first-order valence-corrected chi connectivity index (χ1v) is 4.57. The highest BCUT2D eigenvalue weighted by Crippen LogP contribution is 2.30. The van der Waals surface area contributed by atoms with Gasteiger partial charge in [-0.1, -0.05) is 0 Å². The lowest BCUT2D eigenvalue weighted by molar-refractivity contribution is -0.117. The number of hydrogen-bond donors (Lipinski definition) is 2. The third-order valence-electron chi connectivity index (χ3n) is 2.20. The number of nitrogens with one attached hydrogen (secondary N) is 1. The van der Waals surface area contributed by atoms with Gasteiger partial charge in [0.25, 0.3) is 0 Å². The minimum atomic E-state index is -0.767. The number of halogens is 1. The van der Waals surface area contributed by atoms with Gasteiger partial charge in [0.2, 0.25) is 5.91 Å². The Hall–Kier alpha value is -1.62. The third kappa shape index (κ3) is 1.78. The van der Waals surface area contributed by atoms with Crippen molar-refractivity contribution in [2.75, 3.05) is 11.9 Å². The van der Waals surface area contributed by atoms with Crippen molar-refractivity contribution >= 4 is 11.6 Å². The molecular weight excluding hydrogens is 199 g/mol. The monoisotopic (exact) mass is 210 g/mol. The molecule has 0 saturated heterocycles. The molecule has 1 aliphatic rings. The first-order chi connectivity index (χ1) is 7.08. The van der Waals surface area contributed by atoms with Crippen molar-refractivity contribution in [3.05, 3.63) is 23.5 Å². The van der Waals surface area contributed by atoms with Crippen LogP contribution < -0.4 is 15.8 Å². The lowest BCUT2D eigenvalue weighted by Gasteiger charge is -2.08. The van der Waals surface area contributed by atoms with Gasteiger partial charge in [-0.3, -0.25) is 4.79 Å². The van der Waals surface area contributed by atoms with Gasteiger partial charge >= 0.3 is 0 Å². The van der Waals surface area contributed by atoms with Crippen LogP contribution in [0.25, 0.3) is 0 Å². The number of ether oxygens (including phenoxy) is 1. The molecule has 0 bridgehead atoms. The van der Waals surface area contributed by atoms with Gasteiger partial charge in [-0.15, -0.1) is 0 Å². The van der Waals surface area contributed by atoms with Crippen LogP contribution in [0.4, 0.5) is 10.1 Å². The molecule has 1 aromatic carbocycles. The highest BCUT2D eigenvalue weighted by atomic mass is 19.1. The van der Waals surface area contributed by atoms with Gasteiger partial charge in [0.1, 0.15) is 24.1 Å². The number of nitrogens with two attached hydrogens (primary N) is 1. The first-order valence-electron chi connectivity index (χ1n) is 4.57. The van der Waals surface area contributed by atoms with Gasteiger partial charge in [0.05, 0.1) is 0 Å². The minimum Gasteiger partial charge on any atom is -0.489 e. The first kappa shape index (κ1) is 9.92. The zero-order chi connectivity index (χ0) is 11.0. The molecule has 0 unspecified atom stereocenters. The smallest absolute Gasteiger partial charge is 0.244 e. The van der Waals surface area contributed by atoms with Crippen LogP contribution in [0.3, 0.4) is 0 Å². The second kappa shape index (κ2) is 3.51. The number of amides is 1. The maximum atomic E-state index is 13.5. The Morgan fingerprint density at radius 2 is 2.33 bits per heavy atom. The van der Waals surface area contributed by atoms with Crippen LogP contribution in [0, 0.1) is 12.7 Å². The van der Waals surface area contributed by atoms with Crippen molar-refractivity contribution in [2.45, 2.75) is 13.0 Å². The van der Waals surface area contributed by atoms with E-state index < -0.39 is 17.8 Å². The fourth-order valence-electron chi connectivity index (χ4n) is 1.42. The van der Waals surface area contributed by atoms with Crippen LogP contribution in [-0.4, -0.2) is 18.6 Å². The van der Waals surface area contributed by atoms with Crippen molar-refractivity contribution in [3.8, 4) is 5.75 Å². The van der Waals surface area contributed by atoms with Gasteiger partial charge in [0, 0.05) is 0 Å². The molecule has 0 saturated carbocycles. The summed E-state index contributed by atoms with van der Waals surface area (Å²) in [5.74, 6) is -0.613. The van der Waals surface area contributed by atoms with E-state index in [4.69, 9.17) is 10.5 Å². The number of aryl methyl sites for hydroxylation is 1. The molecule has 5 heteroatoms. The average molecular weight is 210 g/mol. The van der Waals surface area contributed by atoms with E-state index in [1.165, 1.54) is 6.07 Å². The summed E-state index contributed by atoms with van der Waals surface area (Å²) in [5.41, 5.74) is 6.29. The number of carbonyl (C=O) groups is 1. The maximum absolute atomic E-state index is 13.5. The average Bonchev–Trinajstić information content (AvgIpc) is 2.30. The molecule has 4 nitrogen and oxygen atoms in total. The number of hydrogen-bond acceptors (Lipinski definition) is 3. The van der Waals surface area contributed by atoms with Gasteiger partial charge in [-0.05, 0) is 24.6 Å². The predicted molar refractivity (Wildman–Crippen MR) is 53.2 cm³/mol. The van der Waals surface area contributed by atoms with Gasteiger partial charge in [-0.25, -0.2) is 4.39 Å². The maximum Gasteiger partial charge on any atom is 0.244 e. The largest absolute Gasteiger partial charge is 0.489 e. The molecule has 0 fully saturated rings. The summed E-state index contributed by atoms with van der Waals surface area (Å²) in [6, 6.07) is 2.23. The fourth-order valence-corrected chi connectivity index (χ4v) is 1.42. The molecule has 0 spiro atoms. The SMILES string of the molecule is Cc1cc(F)c2c(c1)OC[C@H](N)C(=O)N2. The molecule has 0 radical (unpaired) electrons. The highest BCUT2D eigenvalue weighted by Gasteiger charge is 2.23. The molecule has 1 aromatic rings. The van der Waals surface area contributed by atoms with Crippen LogP contribution in [0.5, 0.6) is 5.75 Å². The third-order valence-corrected chi connectivity index (χ3v) is 2.20. The Morgan fingerprint density at radius 3 is 3.07 bits per heavy atom. The summed E-state index contributed by atoms with van der Waals surface area (Å²) >= 11 is 0. The van der Waals surface area contributed by atoms with E-state index >= 15 is 0 Å². The summed E-state index contributed by atoms with van der Waals surface area (Å²) in [5, 5.41) is 2.40. The Labute approximate surface area is 86.2 Å². The Kier molecular flexibility index (Phi) is 2.32. The van der Waals surface area contributed by atoms with Crippen LogP contribution in [-0.2, 0) is 4.79 Å². The van der Waals surface area contributed by atoms with E-state index in [0.29, 0.717) is 5.75 Å². The van der Waals surface area contributed by atoms with E-state index in [1.807, 2.05) is 0 Å². The molecule has 1 heterocycles. The molecule has 2 rings (SSSR count). The Morgan fingerprint density at radius 1 is 1.60 bits per heavy atom. The highest BCUT2D eigenvalue weighted by molar-refractivity contribution is 5.97. The van der Waals surface area contributed by atoms with Crippen LogP contribution in [0.1, 0.15) is 5.56 Å². The lowest BCUT2D eigenvalue weighted by Crippen LogP contribution is -2.38. The molecule has 0 aliphatic carbocycles. The number of anilines is 1. The van der Waals surface area contributed by atoms with Crippen molar-refractivity contribution in [1.29, 1.82) is 0 Å². The van der Waals surface area contributed by atoms with Crippen molar-refractivity contribution in [2.24, 2.45) is 5.73 Å². The summed E-state index contributed by atoms with van der Waals surface area (Å²) in [4.78, 5) is 11.3. The van der Waals surface area contributed by atoms with Crippen molar-refractivity contribution in [3.63, 3.8) is 0 Å². The van der Waals surface area contributed by atoms with E-state index in [9.17, 15) is 9.18 Å². The predicted octanol–water partition coefficient (Wildman–Crippen LogP) is 0.792. The van der Waals surface area contributed by atoms with Gasteiger partial charge in [0.15, 0.2) is 5.82 Å². The summed E-state index contributed by atoms with van der Waals surface area (Å²) in [6.07, 6.45) is 0. The molecule has 1 aliphatic heterocycles. The molecule has 1 atom stereocenters. The minimum absolute atomic E-state index is 0.0573. The van der Waals surface area contributed by atoms with E-state index in [-0.39, 0.29) is 12.3 Å². The fraction of sp³-hybridized carbons (Fsp3) is 0.300. The second-order valence-corrected chi connectivity index (χ2v) is 3.53. The molecule has 15 heavy (non-hydrogen) atoms. The van der Waals surface area contributed by atoms with E-state index in [1.54, 1.807) is 13.0 Å².